The number of anilines is 2. The third-order valence-electron chi connectivity index (χ3n) is 3.13. The Morgan fingerprint density at radius 3 is 3.06 bits per heavy atom. The van der Waals surface area contributed by atoms with Crippen molar-refractivity contribution < 1.29 is 0 Å². The maximum absolute atomic E-state index is 4.35. The Bertz CT molecular complexity index is 512. The maximum atomic E-state index is 4.35. The van der Waals surface area contributed by atoms with Gasteiger partial charge in [0, 0.05) is 25.5 Å². The normalized spacial score (nSPS) is 14.6. The highest BCUT2D eigenvalue weighted by molar-refractivity contribution is 5.70. The molecule has 2 aromatic rings. The van der Waals surface area contributed by atoms with Crippen LogP contribution in [0.4, 0.5) is 11.4 Å². The molecule has 0 unspecified atom stereocenters. The van der Waals surface area contributed by atoms with Gasteiger partial charge in [-0.3, -0.25) is 9.97 Å². The predicted molar refractivity (Wildman–Crippen MR) is 72.6 cm³/mol. The summed E-state index contributed by atoms with van der Waals surface area (Å²) in [6, 6.07) is 8.43. The SMILES string of the molecule is c1ccc2c(c1)NCCCN2Cc1cnccn1. The maximum Gasteiger partial charge on any atom is 0.0779 e. The molecule has 0 saturated carbocycles. The molecule has 0 radical (unpaired) electrons. The predicted octanol–water partition coefficient (Wildman–Crippen LogP) is 2.30. The second-order valence-electron chi connectivity index (χ2n) is 4.42. The van der Waals surface area contributed by atoms with Crippen LogP contribution in [0.1, 0.15) is 12.1 Å². The van der Waals surface area contributed by atoms with Gasteiger partial charge in [0.15, 0.2) is 0 Å². The van der Waals surface area contributed by atoms with Crippen molar-refractivity contribution in [2.24, 2.45) is 0 Å². The zero-order valence-electron chi connectivity index (χ0n) is 10.2. The number of hydrogen-bond donors (Lipinski definition) is 1. The van der Waals surface area contributed by atoms with Crippen molar-refractivity contribution in [3.8, 4) is 0 Å². The minimum absolute atomic E-state index is 0.812. The van der Waals surface area contributed by atoms with Crippen LogP contribution in [0.3, 0.4) is 0 Å². The third kappa shape index (κ3) is 2.27. The number of nitrogens with zero attached hydrogens (tertiary/aromatic N) is 3. The van der Waals surface area contributed by atoms with Gasteiger partial charge in [-0.25, -0.2) is 0 Å². The molecule has 0 atom stereocenters. The summed E-state index contributed by atoms with van der Waals surface area (Å²) >= 11 is 0. The lowest BCUT2D eigenvalue weighted by atomic mass is 10.2. The Labute approximate surface area is 107 Å². The number of hydrogen-bond acceptors (Lipinski definition) is 4. The number of benzene rings is 1. The molecule has 2 heterocycles. The quantitative estimate of drug-likeness (QED) is 0.874. The zero-order valence-corrected chi connectivity index (χ0v) is 10.2. The van der Waals surface area contributed by atoms with E-state index in [9.17, 15) is 0 Å². The van der Waals surface area contributed by atoms with Crippen molar-refractivity contribution in [2.45, 2.75) is 13.0 Å². The first-order valence-electron chi connectivity index (χ1n) is 6.26. The minimum Gasteiger partial charge on any atom is -0.383 e. The molecule has 0 bridgehead atoms. The first-order valence-corrected chi connectivity index (χ1v) is 6.26. The van der Waals surface area contributed by atoms with Crippen molar-refractivity contribution in [3.05, 3.63) is 48.5 Å². The number of fused-ring (bicyclic) bond motifs is 1. The van der Waals surface area contributed by atoms with Crippen LogP contribution < -0.4 is 10.2 Å². The fourth-order valence-electron chi connectivity index (χ4n) is 2.28. The monoisotopic (exact) mass is 240 g/mol. The van der Waals surface area contributed by atoms with Gasteiger partial charge < -0.3 is 10.2 Å². The molecule has 1 aliphatic rings. The van der Waals surface area contributed by atoms with E-state index in [-0.39, 0.29) is 0 Å². The van der Waals surface area contributed by atoms with Gasteiger partial charge in [0.05, 0.1) is 29.8 Å². The van der Waals surface area contributed by atoms with Crippen LogP contribution in [0.25, 0.3) is 0 Å². The summed E-state index contributed by atoms with van der Waals surface area (Å²) in [5, 5.41) is 3.46. The van der Waals surface area contributed by atoms with Crippen LogP contribution in [-0.4, -0.2) is 23.1 Å². The average Bonchev–Trinajstić information content (AvgIpc) is 2.63. The summed E-state index contributed by atoms with van der Waals surface area (Å²) in [5.41, 5.74) is 3.47. The molecule has 92 valence electrons. The van der Waals surface area contributed by atoms with E-state index < -0.39 is 0 Å². The van der Waals surface area contributed by atoms with Crippen LogP contribution in [0.2, 0.25) is 0 Å². The van der Waals surface area contributed by atoms with E-state index in [4.69, 9.17) is 0 Å². The standard InChI is InChI=1S/C14H16N4/c1-2-5-14-13(4-1)17-6-3-9-18(14)11-12-10-15-7-8-16-12/h1-2,4-5,7-8,10,17H,3,6,9,11H2. The second-order valence-corrected chi connectivity index (χ2v) is 4.42. The molecule has 1 N–H and O–H groups in total. The highest BCUT2D eigenvalue weighted by atomic mass is 15.2. The lowest BCUT2D eigenvalue weighted by Crippen LogP contribution is -2.23. The van der Waals surface area contributed by atoms with Gasteiger partial charge in [-0.05, 0) is 18.6 Å². The highest BCUT2D eigenvalue weighted by Crippen LogP contribution is 2.28. The van der Waals surface area contributed by atoms with Gasteiger partial charge >= 0.3 is 0 Å². The van der Waals surface area contributed by atoms with E-state index in [2.05, 4.69) is 44.5 Å². The summed E-state index contributed by atoms with van der Waals surface area (Å²) in [5.74, 6) is 0. The summed E-state index contributed by atoms with van der Waals surface area (Å²) in [4.78, 5) is 10.8. The van der Waals surface area contributed by atoms with Gasteiger partial charge in [0.1, 0.15) is 0 Å². The van der Waals surface area contributed by atoms with E-state index in [0.717, 1.165) is 31.7 Å². The van der Waals surface area contributed by atoms with Gasteiger partial charge in [-0.1, -0.05) is 12.1 Å². The molecule has 4 heteroatoms. The topological polar surface area (TPSA) is 41.0 Å². The molecule has 0 saturated heterocycles. The molecule has 1 aromatic carbocycles. The molecule has 3 rings (SSSR count). The first-order chi connectivity index (χ1) is 8.93. The summed E-state index contributed by atoms with van der Waals surface area (Å²) in [7, 11) is 0. The number of rotatable bonds is 2. The van der Waals surface area contributed by atoms with Crippen molar-refractivity contribution in [1.29, 1.82) is 0 Å². The van der Waals surface area contributed by atoms with Crippen molar-refractivity contribution in [3.63, 3.8) is 0 Å². The van der Waals surface area contributed by atoms with E-state index in [1.54, 1.807) is 12.4 Å². The van der Waals surface area contributed by atoms with Crippen LogP contribution in [0.15, 0.2) is 42.9 Å². The Kier molecular flexibility index (Phi) is 3.08. The third-order valence-corrected chi connectivity index (χ3v) is 3.13. The molecular formula is C14H16N4. The van der Waals surface area contributed by atoms with Gasteiger partial charge in [-0.15, -0.1) is 0 Å². The van der Waals surface area contributed by atoms with Crippen molar-refractivity contribution in [2.75, 3.05) is 23.3 Å². The lowest BCUT2D eigenvalue weighted by molar-refractivity contribution is 0.749. The molecule has 0 spiro atoms. The molecule has 0 aliphatic carbocycles. The molecule has 0 fully saturated rings. The van der Waals surface area contributed by atoms with Gasteiger partial charge in [0.25, 0.3) is 0 Å². The Morgan fingerprint density at radius 2 is 2.17 bits per heavy atom. The molecule has 18 heavy (non-hydrogen) atoms. The number of para-hydroxylation sites is 2. The Hall–Kier alpha value is -2.10. The van der Waals surface area contributed by atoms with Gasteiger partial charge in [0.2, 0.25) is 0 Å². The van der Waals surface area contributed by atoms with E-state index in [1.807, 2.05) is 6.20 Å². The number of aromatic nitrogens is 2. The number of nitrogens with one attached hydrogen (secondary N) is 1. The molecule has 1 aromatic heterocycles. The zero-order chi connectivity index (χ0) is 12.2. The fraction of sp³-hybridized carbons (Fsp3) is 0.286. The van der Waals surface area contributed by atoms with Crippen molar-refractivity contribution >= 4 is 11.4 Å². The fourth-order valence-corrected chi connectivity index (χ4v) is 2.28. The first kappa shape index (κ1) is 11.0. The van der Waals surface area contributed by atoms with Crippen molar-refractivity contribution in [1.82, 2.24) is 9.97 Å². The average molecular weight is 240 g/mol. The molecule has 0 amide bonds. The Balaban J connectivity index is 1.88. The minimum atomic E-state index is 0.812. The second kappa shape index (κ2) is 5.04. The largest absolute Gasteiger partial charge is 0.383 e. The molecule has 1 aliphatic heterocycles. The molecular weight excluding hydrogens is 224 g/mol. The van der Waals surface area contributed by atoms with Crippen LogP contribution >= 0.6 is 0 Å². The van der Waals surface area contributed by atoms with Crippen LogP contribution in [0, 0.1) is 0 Å². The highest BCUT2D eigenvalue weighted by Gasteiger charge is 2.14. The summed E-state index contributed by atoms with van der Waals surface area (Å²) in [6.07, 6.45) is 6.43. The van der Waals surface area contributed by atoms with E-state index in [1.165, 1.54) is 11.4 Å². The van der Waals surface area contributed by atoms with Crippen LogP contribution in [0.5, 0.6) is 0 Å². The summed E-state index contributed by atoms with van der Waals surface area (Å²) < 4.78 is 0. The Morgan fingerprint density at radius 1 is 1.22 bits per heavy atom. The van der Waals surface area contributed by atoms with Crippen LogP contribution in [-0.2, 0) is 6.54 Å². The van der Waals surface area contributed by atoms with E-state index >= 15 is 0 Å². The van der Waals surface area contributed by atoms with E-state index in [0.29, 0.717) is 0 Å². The van der Waals surface area contributed by atoms with Gasteiger partial charge in [-0.2, -0.15) is 0 Å². The molecule has 4 nitrogen and oxygen atoms in total. The summed E-state index contributed by atoms with van der Waals surface area (Å²) in [6.45, 7) is 2.88. The smallest absolute Gasteiger partial charge is 0.0779 e. The lowest BCUT2D eigenvalue weighted by Gasteiger charge is -2.23.